The molecule has 1 aromatic heterocycles. The Balaban J connectivity index is 2.53. The molecule has 7 nitrogen and oxygen atoms in total. The fraction of sp³-hybridized carbons (Fsp3) is 0.333. The van der Waals surface area contributed by atoms with E-state index >= 15 is 0 Å². The molecule has 0 aliphatic carbocycles. The van der Waals surface area contributed by atoms with Gasteiger partial charge < -0.3 is 10.4 Å². The van der Waals surface area contributed by atoms with Gasteiger partial charge in [-0.2, -0.15) is 0 Å². The second-order valence-corrected chi connectivity index (χ2v) is 6.38. The van der Waals surface area contributed by atoms with Crippen molar-refractivity contribution >= 4 is 33.2 Å². The van der Waals surface area contributed by atoms with Crippen LogP contribution in [0.25, 0.3) is 0 Å². The summed E-state index contributed by atoms with van der Waals surface area (Å²) in [6, 6.07) is 2.71. The lowest BCUT2D eigenvalue weighted by Gasteiger charge is -2.03. The lowest BCUT2D eigenvalue weighted by Crippen LogP contribution is -2.32. The summed E-state index contributed by atoms with van der Waals surface area (Å²) in [5.74, 6) is -1.82. The molecular formula is C9H12N2O5S2. The highest BCUT2D eigenvalue weighted by molar-refractivity contribution is 7.89. The van der Waals surface area contributed by atoms with Crippen LogP contribution in [0, 0.1) is 0 Å². The number of carboxylic acids is 1. The van der Waals surface area contributed by atoms with E-state index < -0.39 is 21.9 Å². The third kappa shape index (κ3) is 4.09. The molecule has 100 valence electrons. The van der Waals surface area contributed by atoms with E-state index in [-0.39, 0.29) is 22.1 Å². The number of amides is 1. The first-order valence-electron chi connectivity index (χ1n) is 4.88. The molecule has 0 saturated heterocycles. The van der Waals surface area contributed by atoms with Crippen LogP contribution in [0.1, 0.15) is 19.3 Å². The van der Waals surface area contributed by atoms with Crippen molar-refractivity contribution in [3.05, 3.63) is 21.9 Å². The number of thiophene rings is 1. The quantitative estimate of drug-likeness (QED) is 0.668. The van der Waals surface area contributed by atoms with Crippen molar-refractivity contribution in [2.75, 3.05) is 19.3 Å². The van der Waals surface area contributed by atoms with Crippen LogP contribution in [0.5, 0.6) is 0 Å². The van der Waals surface area contributed by atoms with Crippen molar-refractivity contribution in [2.45, 2.75) is 0 Å². The molecule has 0 aromatic carbocycles. The van der Waals surface area contributed by atoms with Crippen molar-refractivity contribution in [3.63, 3.8) is 0 Å². The van der Waals surface area contributed by atoms with Crippen molar-refractivity contribution in [1.82, 2.24) is 10.0 Å². The Morgan fingerprint density at radius 3 is 2.44 bits per heavy atom. The molecular weight excluding hydrogens is 280 g/mol. The maximum absolute atomic E-state index is 11.5. The van der Waals surface area contributed by atoms with E-state index in [9.17, 15) is 18.0 Å². The maximum Gasteiger partial charge on any atom is 0.345 e. The minimum absolute atomic E-state index is 0.0394. The first-order chi connectivity index (χ1) is 8.35. The smallest absolute Gasteiger partial charge is 0.345 e. The van der Waals surface area contributed by atoms with E-state index in [4.69, 9.17) is 5.11 Å². The molecule has 0 unspecified atom stereocenters. The van der Waals surface area contributed by atoms with Gasteiger partial charge in [0.05, 0.1) is 10.6 Å². The summed E-state index contributed by atoms with van der Waals surface area (Å²) < 4.78 is 24.3. The summed E-state index contributed by atoms with van der Waals surface area (Å²) in [6.45, 7) is -0.0394. The zero-order chi connectivity index (χ0) is 13.8. The van der Waals surface area contributed by atoms with E-state index in [0.717, 1.165) is 11.3 Å². The summed E-state index contributed by atoms with van der Waals surface area (Å²) >= 11 is 0.836. The van der Waals surface area contributed by atoms with Crippen LogP contribution < -0.4 is 10.0 Å². The molecule has 18 heavy (non-hydrogen) atoms. The van der Waals surface area contributed by atoms with Crippen LogP contribution in [0.3, 0.4) is 0 Å². The molecule has 1 rings (SSSR count). The van der Waals surface area contributed by atoms with Gasteiger partial charge in [0.15, 0.2) is 0 Å². The third-order valence-electron chi connectivity index (χ3n) is 2.01. The van der Waals surface area contributed by atoms with Gasteiger partial charge in [-0.15, -0.1) is 11.3 Å². The summed E-state index contributed by atoms with van der Waals surface area (Å²) in [4.78, 5) is 22.4. The molecule has 0 aliphatic heterocycles. The Hall–Kier alpha value is -1.45. The summed E-state index contributed by atoms with van der Waals surface area (Å²) in [5, 5.41) is 11.1. The standard InChI is InChI=1S/C9H12N2O5S2/c1-10-18(15,16)5-4-11-8(12)6-2-3-7(17-6)9(13)14/h2-3,10H,4-5H2,1H3,(H,11,12)(H,13,14). The van der Waals surface area contributed by atoms with Gasteiger partial charge in [0, 0.05) is 6.54 Å². The Kier molecular flexibility index (Phi) is 4.82. The van der Waals surface area contributed by atoms with Gasteiger partial charge in [0.2, 0.25) is 10.0 Å². The molecule has 0 saturated carbocycles. The largest absolute Gasteiger partial charge is 0.477 e. The number of carbonyl (C=O) groups excluding carboxylic acids is 1. The number of sulfonamides is 1. The van der Waals surface area contributed by atoms with Crippen molar-refractivity contribution < 1.29 is 23.1 Å². The molecule has 9 heteroatoms. The Morgan fingerprint density at radius 2 is 1.94 bits per heavy atom. The Labute approximate surface area is 108 Å². The van der Waals surface area contributed by atoms with Crippen molar-refractivity contribution in [1.29, 1.82) is 0 Å². The highest BCUT2D eigenvalue weighted by Gasteiger charge is 2.13. The zero-order valence-electron chi connectivity index (χ0n) is 9.47. The molecule has 1 heterocycles. The van der Waals surface area contributed by atoms with E-state index in [1.54, 1.807) is 0 Å². The van der Waals surface area contributed by atoms with E-state index in [0.29, 0.717) is 0 Å². The average molecular weight is 292 g/mol. The first kappa shape index (κ1) is 14.6. The monoisotopic (exact) mass is 292 g/mol. The van der Waals surface area contributed by atoms with Gasteiger partial charge in [0.25, 0.3) is 5.91 Å². The van der Waals surface area contributed by atoms with Gasteiger partial charge in [-0.25, -0.2) is 17.9 Å². The van der Waals surface area contributed by atoms with Gasteiger partial charge in [-0.05, 0) is 19.2 Å². The lowest BCUT2D eigenvalue weighted by atomic mass is 10.4. The number of aromatic carboxylic acids is 1. The minimum Gasteiger partial charge on any atom is -0.477 e. The van der Waals surface area contributed by atoms with Crippen LogP contribution in [0.2, 0.25) is 0 Å². The van der Waals surface area contributed by atoms with Gasteiger partial charge in [0.1, 0.15) is 4.88 Å². The van der Waals surface area contributed by atoms with Crippen LogP contribution in [0.15, 0.2) is 12.1 Å². The Bertz CT molecular complexity index is 549. The molecule has 0 radical (unpaired) electrons. The topological polar surface area (TPSA) is 113 Å². The summed E-state index contributed by atoms with van der Waals surface area (Å²) in [6.07, 6.45) is 0. The highest BCUT2D eigenvalue weighted by Crippen LogP contribution is 2.15. The van der Waals surface area contributed by atoms with E-state index in [2.05, 4.69) is 10.0 Å². The predicted molar refractivity (Wildman–Crippen MR) is 66.5 cm³/mol. The number of nitrogens with one attached hydrogen (secondary N) is 2. The van der Waals surface area contributed by atoms with E-state index in [1.807, 2.05) is 0 Å². The molecule has 0 spiro atoms. The molecule has 1 aromatic rings. The summed E-state index contributed by atoms with van der Waals surface area (Å²) in [7, 11) is -2.07. The minimum atomic E-state index is -3.36. The maximum atomic E-state index is 11.5. The third-order valence-corrected chi connectivity index (χ3v) is 4.44. The van der Waals surface area contributed by atoms with Crippen LogP contribution >= 0.6 is 11.3 Å². The Morgan fingerprint density at radius 1 is 1.33 bits per heavy atom. The number of carboxylic acid groups (broad SMARTS) is 1. The van der Waals surface area contributed by atoms with Gasteiger partial charge in [-0.1, -0.05) is 0 Å². The number of rotatable bonds is 6. The zero-order valence-corrected chi connectivity index (χ0v) is 11.1. The van der Waals surface area contributed by atoms with Crippen molar-refractivity contribution in [3.8, 4) is 0 Å². The molecule has 0 atom stereocenters. The van der Waals surface area contributed by atoms with Crippen LogP contribution in [0.4, 0.5) is 0 Å². The highest BCUT2D eigenvalue weighted by atomic mass is 32.2. The number of hydrogen-bond donors (Lipinski definition) is 3. The normalized spacial score (nSPS) is 11.2. The first-order valence-corrected chi connectivity index (χ1v) is 7.35. The fourth-order valence-electron chi connectivity index (χ4n) is 1.06. The van der Waals surface area contributed by atoms with Gasteiger partial charge >= 0.3 is 5.97 Å². The summed E-state index contributed by atoms with van der Waals surface area (Å²) in [5.41, 5.74) is 0. The fourth-order valence-corrected chi connectivity index (χ4v) is 2.40. The van der Waals surface area contributed by atoms with Gasteiger partial charge in [-0.3, -0.25) is 4.79 Å². The number of hydrogen-bond acceptors (Lipinski definition) is 5. The number of carbonyl (C=O) groups is 2. The second-order valence-electron chi connectivity index (χ2n) is 3.25. The predicted octanol–water partition coefficient (Wildman–Crippen LogP) is -0.275. The molecule has 0 aliphatic rings. The molecule has 1 amide bonds. The SMILES string of the molecule is CNS(=O)(=O)CCNC(=O)c1ccc(C(=O)O)s1. The molecule has 0 fully saturated rings. The van der Waals surface area contributed by atoms with E-state index in [1.165, 1.54) is 19.2 Å². The van der Waals surface area contributed by atoms with Crippen molar-refractivity contribution in [2.24, 2.45) is 0 Å². The molecule has 0 bridgehead atoms. The average Bonchev–Trinajstić information content (AvgIpc) is 2.78. The second kappa shape index (κ2) is 5.94. The van der Waals surface area contributed by atoms with Crippen LogP contribution in [-0.4, -0.2) is 44.7 Å². The van der Waals surface area contributed by atoms with Crippen LogP contribution in [-0.2, 0) is 10.0 Å². The lowest BCUT2D eigenvalue weighted by molar-refractivity contribution is 0.0702. The molecule has 3 N–H and O–H groups in total.